The van der Waals surface area contributed by atoms with Gasteiger partial charge in [0.15, 0.2) is 10.2 Å². The molecular weight excluding hydrogens is 428 g/mol. The number of hydrogen-bond donors (Lipinski definition) is 1. The Morgan fingerprint density at radius 1 is 1.03 bits per heavy atom. The summed E-state index contributed by atoms with van der Waals surface area (Å²) in [6.07, 6.45) is 1.41. The van der Waals surface area contributed by atoms with Crippen molar-refractivity contribution in [3.63, 3.8) is 0 Å². The molecule has 5 nitrogen and oxygen atoms in total. The Kier molecular flexibility index (Phi) is 5.53. The number of halogens is 1. The minimum absolute atomic E-state index is 0.000756. The summed E-state index contributed by atoms with van der Waals surface area (Å²) in [5.41, 5.74) is 0.391. The number of benzene rings is 2. The third-order valence-electron chi connectivity index (χ3n) is 4.02. The molecule has 0 bridgehead atoms. The van der Waals surface area contributed by atoms with Crippen LogP contribution in [0.3, 0.4) is 0 Å². The molecule has 0 aliphatic carbocycles. The van der Waals surface area contributed by atoms with Crippen LogP contribution in [0, 0.1) is 0 Å². The van der Waals surface area contributed by atoms with E-state index in [1.54, 1.807) is 36.4 Å². The average molecular weight is 441 g/mol. The van der Waals surface area contributed by atoms with E-state index in [1.807, 2.05) is 30.3 Å². The SMILES string of the molecule is O=C1NC(=S)N(c2cccc(Cl)c2)C(=O)/C1=C/c1ccc(Sc2ccccc2)o1. The highest BCUT2D eigenvalue weighted by Gasteiger charge is 2.34. The molecule has 4 rings (SSSR count). The maximum absolute atomic E-state index is 13.0. The van der Waals surface area contributed by atoms with E-state index in [2.05, 4.69) is 5.32 Å². The second-order valence-electron chi connectivity index (χ2n) is 6.01. The summed E-state index contributed by atoms with van der Waals surface area (Å²) in [6.45, 7) is 0. The van der Waals surface area contributed by atoms with Crippen molar-refractivity contribution in [3.8, 4) is 0 Å². The quantitative estimate of drug-likeness (QED) is 0.354. The third kappa shape index (κ3) is 4.27. The monoisotopic (exact) mass is 440 g/mol. The van der Waals surface area contributed by atoms with Crippen molar-refractivity contribution in [2.75, 3.05) is 4.90 Å². The molecule has 29 heavy (non-hydrogen) atoms. The maximum Gasteiger partial charge on any atom is 0.270 e. The summed E-state index contributed by atoms with van der Waals surface area (Å²) >= 11 is 12.6. The molecule has 1 aliphatic heterocycles. The molecule has 1 saturated heterocycles. The Hall–Kier alpha value is -2.87. The van der Waals surface area contributed by atoms with Crippen LogP contribution in [0.2, 0.25) is 5.02 Å². The van der Waals surface area contributed by atoms with Gasteiger partial charge in [-0.3, -0.25) is 19.8 Å². The Labute approximate surface area is 181 Å². The Morgan fingerprint density at radius 3 is 2.59 bits per heavy atom. The van der Waals surface area contributed by atoms with Gasteiger partial charge in [-0.15, -0.1) is 0 Å². The lowest BCUT2D eigenvalue weighted by Crippen LogP contribution is -2.54. The van der Waals surface area contributed by atoms with Crippen LogP contribution in [0.1, 0.15) is 5.76 Å². The standard InChI is InChI=1S/C21H13ClN2O3S2/c22-13-5-4-6-14(11-13)24-20(26)17(19(25)23-21(24)28)12-15-9-10-18(27-15)29-16-7-2-1-3-8-16/h1-12H,(H,23,25,28)/b17-12+. The summed E-state index contributed by atoms with van der Waals surface area (Å²) in [7, 11) is 0. The number of amides is 2. The molecule has 1 fully saturated rings. The van der Waals surface area contributed by atoms with Gasteiger partial charge in [0.1, 0.15) is 11.3 Å². The molecule has 3 aromatic rings. The van der Waals surface area contributed by atoms with Crippen LogP contribution in [0.25, 0.3) is 6.08 Å². The minimum atomic E-state index is -0.577. The van der Waals surface area contributed by atoms with Crippen molar-refractivity contribution in [1.82, 2.24) is 5.32 Å². The zero-order chi connectivity index (χ0) is 20.4. The van der Waals surface area contributed by atoms with Crippen LogP contribution in [-0.2, 0) is 9.59 Å². The first-order valence-corrected chi connectivity index (χ1v) is 10.1. The zero-order valence-electron chi connectivity index (χ0n) is 14.8. The van der Waals surface area contributed by atoms with Gasteiger partial charge >= 0.3 is 0 Å². The number of nitrogens with one attached hydrogen (secondary N) is 1. The van der Waals surface area contributed by atoms with Crippen LogP contribution >= 0.6 is 35.6 Å². The number of carbonyl (C=O) groups is 2. The fourth-order valence-corrected chi connectivity index (χ4v) is 3.99. The van der Waals surface area contributed by atoms with E-state index in [0.717, 1.165) is 4.90 Å². The molecule has 2 aromatic carbocycles. The molecule has 0 atom stereocenters. The van der Waals surface area contributed by atoms with Gasteiger partial charge in [-0.2, -0.15) is 0 Å². The molecule has 0 radical (unpaired) electrons. The highest BCUT2D eigenvalue weighted by Crippen LogP contribution is 2.30. The third-order valence-corrected chi connectivity index (χ3v) is 5.47. The maximum atomic E-state index is 13.0. The van der Waals surface area contributed by atoms with Gasteiger partial charge in [-0.1, -0.05) is 47.6 Å². The first kappa shape index (κ1) is 19.4. The van der Waals surface area contributed by atoms with Gasteiger partial charge in [0, 0.05) is 9.92 Å². The topological polar surface area (TPSA) is 62.6 Å². The van der Waals surface area contributed by atoms with Crippen molar-refractivity contribution in [2.24, 2.45) is 0 Å². The first-order chi connectivity index (χ1) is 14.0. The summed E-state index contributed by atoms with van der Waals surface area (Å²) in [5.74, 6) is -0.734. The summed E-state index contributed by atoms with van der Waals surface area (Å²) in [6, 6.07) is 19.9. The molecule has 1 aliphatic rings. The predicted molar refractivity (Wildman–Crippen MR) is 117 cm³/mol. The van der Waals surface area contributed by atoms with Crippen molar-refractivity contribution >= 4 is 64.3 Å². The van der Waals surface area contributed by atoms with Crippen molar-refractivity contribution in [3.05, 3.63) is 83.1 Å². The fourth-order valence-electron chi connectivity index (χ4n) is 2.72. The van der Waals surface area contributed by atoms with E-state index in [9.17, 15) is 9.59 Å². The van der Waals surface area contributed by atoms with Crippen molar-refractivity contribution in [2.45, 2.75) is 9.99 Å². The number of rotatable bonds is 4. The molecule has 0 unspecified atom stereocenters. The predicted octanol–water partition coefficient (Wildman–Crippen LogP) is 4.92. The van der Waals surface area contributed by atoms with Crippen LogP contribution in [0.15, 0.2) is 86.7 Å². The van der Waals surface area contributed by atoms with E-state index >= 15 is 0 Å². The van der Waals surface area contributed by atoms with Crippen LogP contribution < -0.4 is 10.2 Å². The molecule has 0 saturated carbocycles. The summed E-state index contributed by atoms with van der Waals surface area (Å²) in [5, 5.41) is 3.63. The normalized spacial score (nSPS) is 15.7. The van der Waals surface area contributed by atoms with E-state index in [4.69, 9.17) is 28.2 Å². The van der Waals surface area contributed by atoms with Gasteiger partial charge in [-0.05, 0) is 60.8 Å². The zero-order valence-corrected chi connectivity index (χ0v) is 17.2. The molecule has 2 amide bonds. The van der Waals surface area contributed by atoms with E-state index in [1.165, 1.54) is 22.7 Å². The van der Waals surface area contributed by atoms with Gasteiger partial charge in [0.25, 0.3) is 11.8 Å². The smallest absolute Gasteiger partial charge is 0.270 e. The molecule has 1 aromatic heterocycles. The van der Waals surface area contributed by atoms with Gasteiger partial charge in [-0.25, -0.2) is 0 Å². The molecule has 144 valence electrons. The number of thiocarbonyl (C=S) groups is 1. The van der Waals surface area contributed by atoms with Crippen molar-refractivity contribution in [1.29, 1.82) is 0 Å². The highest BCUT2D eigenvalue weighted by atomic mass is 35.5. The second-order valence-corrected chi connectivity index (χ2v) is 7.91. The van der Waals surface area contributed by atoms with Crippen LogP contribution in [0.4, 0.5) is 5.69 Å². The van der Waals surface area contributed by atoms with E-state index in [0.29, 0.717) is 21.6 Å². The fraction of sp³-hybridized carbons (Fsp3) is 0. The molecule has 2 heterocycles. The second kappa shape index (κ2) is 8.24. The van der Waals surface area contributed by atoms with Crippen molar-refractivity contribution < 1.29 is 14.0 Å². The lowest BCUT2D eigenvalue weighted by Gasteiger charge is -2.28. The summed E-state index contributed by atoms with van der Waals surface area (Å²) < 4.78 is 5.76. The Balaban J connectivity index is 1.61. The Morgan fingerprint density at radius 2 is 1.83 bits per heavy atom. The first-order valence-electron chi connectivity index (χ1n) is 8.51. The minimum Gasteiger partial charge on any atom is -0.450 e. The molecule has 8 heteroatoms. The Bertz CT molecular complexity index is 1140. The highest BCUT2D eigenvalue weighted by molar-refractivity contribution is 7.99. The number of carbonyl (C=O) groups excluding carboxylic acids is 2. The van der Waals surface area contributed by atoms with Gasteiger partial charge in [0.05, 0.1) is 5.69 Å². The summed E-state index contributed by atoms with van der Waals surface area (Å²) in [4.78, 5) is 27.6. The van der Waals surface area contributed by atoms with Gasteiger partial charge in [0.2, 0.25) is 0 Å². The number of nitrogens with zero attached hydrogens (tertiary/aromatic N) is 1. The van der Waals surface area contributed by atoms with E-state index in [-0.39, 0.29) is 10.7 Å². The number of anilines is 1. The van der Waals surface area contributed by atoms with Crippen LogP contribution in [0.5, 0.6) is 0 Å². The lowest BCUT2D eigenvalue weighted by molar-refractivity contribution is -0.122. The van der Waals surface area contributed by atoms with Gasteiger partial charge < -0.3 is 4.42 Å². The number of furan rings is 1. The number of hydrogen-bond acceptors (Lipinski definition) is 5. The van der Waals surface area contributed by atoms with Crippen LogP contribution in [-0.4, -0.2) is 16.9 Å². The molecular formula is C21H13ClN2O3S2. The molecule has 0 spiro atoms. The van der Waals surface area contributed by atoms with E-state index < -0.39 is 11.8 Å². The largest absolute Gasteiger partial charge is 0.450 e. The molecule has 1 N–H and O–H groups in total. The lowest BCUT2D eigenvalue weighted by atomic mass is 10.1. The average Bonchev–Trinajstić information content (AvgIpc) is 3.13.